The Hall–Kier alpha value is -3.09. The minimum atomic E-state index is -0.460. The number of nitrogens with two attached hydrogens (primary N) is 1. The van der Waals surface area contributed by atoms with Gasteiger partial charge in [0, 0.05) is 29.9 Å². The molecule has 4 unspecified atom stereocenters. The SMILES string of the molecule is Cc1ccc(C2CC3CC2(c2ccnn2C)C3C(N)=O)cc1-c1ncc(F)cn1. The first-order chi connectivity index (χ1) is 13.9. The number of carbonyl (C=O) groups excluding carboxylic acids is 1. The highest BCUT2D eigenvalue weighted by molar-refractivity contribution is 5.82. The molecule has 29 heavy (non-hydrogen) atoms. The molecule has 4 atom stereocenters. The van der Waals surface area contributed by atoms with Crippen molar-refractivity contribution in [1.82, 2.24) is 19.7 Å². The van der Waals surface area contributed by atoms with Crippen molar-refractivity contribution >= 4 is 5.91 Å². The van der Waals surface area contributed by atoms with Crippen LogP contribution in [-0.4, -0.2) is 25.7 Å². The molecule has 3 aromatic rings. The number of halogens is 1. The molecule has 0 aliphatic heterocycles. The van der Waals surface area contributed by atoms with Gasteiger partial charge in [-0.1, -0.05) is 12.1 Å². The van der Waals surface area contributed by atoms with Crippen molar-refractivity contribution in [2.24, 2.45) is 24.6 Å². The molecule has 3 aliphatic carbocycles. The first-order valence-electron chi connectivity index (χ1n) is 9.78. The van der Waals surface area contributed by atoms with Gasteiger partial charge in [0.1, 0.15) is 0 Å². The van der Waals surface area contributed by atoms with Gasteiger partial charge >= 0.3 is 0 Å². The van der Waals surface area contributed by atoms with E-state index in [1.165, 1.54) is 12.4 Å². The number of nitrogens with zero attached hydrogens (tertiary/aromatic N) is 4. The van der Waals surface area contributed by atoms with Crippen LogP contribution in [0, 0.1) is 24.6 Å². The molecule has 3 aliphatic rings. The molecule has 148 valence electrons. The molecular formula is C22H22FN5O. The molecule has 6 rings (SSSR count). The Morgan fingerprint density at radius 3 is 2.69 bits per heavy atom. The zero-order chi connectivity index (χ0) is 20.3. The average molecular weight is 391 g/mol. The molecule has 2 bridgehead atoms. The average Bonchev–Trinajstić information content (AvgIpc) is 3.34. The van der Waals surface area contributed by atoms with E-state index in [9.17, 15) is 9.18 Å². The Balaban J connectivity index is 1.62. The summed E-state index contributed by atoms with van der Waals surface area (Å²) in [7, 11) is 1.91. The lowest BCUT2D eigenvalue weighted by molar-refractivity contribution is -0.129. The summed E-state index contributed by atoms with van der Waals surface area (Å²) in [6.45, 7) is 1.99. The molecule has 0 saturated heterocycles. The lowest BCUT2D eigenvalue weighted by Crippen LogP contribution is -2.53. The van der Waals surface area contributed by atoms with Crippen molar-refractivity contribution in [2.75, 3.05) is 0 Å². The highest BCUT2D eigenvalue weighted by atomic mass is 19.1. The smallest absolute Gasteiger partial charge is 0.221 e. The van der Waals surface area contributed by atoms with Crippen LogP contribution in [0.5, 0.6) is 0 Å². The number of hydrogen-bond donors (Lipinski definition) is 1. The van der Waals surface area contributed by atoms with E-state index in [1.807, 2.05) is 30.8 Å². The molecule has 2 heterocycles. The number of hydrogen-bond acceptors (Lipinski definition) is 4. The Labute approximate surface area is 168 Å². The standard InChI is InChI=1S/C22H22FN5O/c1-12-3-4-13(7-16(12)21-25-10-15(23)11-26-21)17-8-14-9-22(17,19(14)20(24)29)18-5-6-27-28(18)2/h3-7,10-11,14,17,19H,8-9H2,1-2H3,(H2,24,29). The number of fused-ring (bicyclic) bond motifs is 1. The van der Waals surface area contributed by atoms with Crippen molar-refractivity contribution in [3.63, 3.8) is 0 Å². The van der Waals surface area contributed by atoms with Gasteiger partial charge in [0.15, 0.2) is 11.6 Å². The van der Waals surface area contributed by atoms with Gasteiger partial charge in [-0.2, -0.15) is 5.10 Å². The summed E-state index contributed by atoms with van der Waals surface area (Å²) in [5.74, 6) is 0.0593. The van der Waals surface area contributed by atoms with Gasteiger partial charge in [0.2, 0.25) is 5.91 Å². The van der Waals surface area contributed by atoms with Gasteiger partial charge in [0.25, 0.3) is 0 Å². The molecule has 0 spiro atoms. The Morgan fingerprint density at radius 1 is 1.28 bits per heavy atom. The van der Waals surface area contributed by atoms with E-state index in [2.05, 4.69) is 27.2 Å². The molecule has 6 nitrogen and oxygen atoms in total. The maximum Gasteiger partial charge on any atom is 0.221 e. The predicted molar refractivity (Wildman–Crippen MR) is 105 cm³/mol. The predicted octanol–water partition coefficient (Wildman–Crippen LogP) is 2.87. The third-order valence-electron chi connectivity index (χ3n) is 6.92. The van der Waals surface area contributed by atoms with Crippen LogP contribution in [0.1, 0.15) is 35.6 Å². The van der Waals surface area contributed by atoms with Gasteiger partial charge in [-0.25, -0.2) is 14.4 Å². The fraction of sp³-hybridized carbons (Fsp3) is 0.364. The van der Waals surface area contributed by atoms with Crippen LogP contribution in [0.4, 0.5) is 4.39 Å². The second kappa shape index (κ2) is 6.20. The summed E-state index contributed by atoms with van der Waals surface area (Å²) >= 11 is 0. The van der Waals surface area contributed by atoms with E-state index >= 15 is 0 Å². The van der Waals surface area contributed by atoms with Crippen LogP contribution >= 0.6 is 0 Å². The number of amides is 1. The first kappa shape index (κ1) is 18.0. The maximum atomic E-state index is 13.3. The van der Waals surface area contributed by atoms with Crippen molar-refractivity contribution in [3.8, 4) is 11.4 Å². The highest BCUT2D eigenvalue weighted by Gasteiger charge is 2.68. The Bertz CT molecular complexity index is 1110. The fourth-order valence-corrected chi connectivity index (χ4v) is 5.77. The number of aromatic nitrogens is 4. The lowest BCUT2D eigenvalue weighted by Gasteiger charge is -2.48. The summed E-state index contributed by atoms with van der Waals surface area (Å²) in [6, 6.07) is 8.25. The molecule has 3 fully saturated rings. The van der Waals surface area contributed by atoms with Crippen LogP contribution in [0.25, 0.3) is 11.4 Å². The van der Waals surface area contributed by atoms with Crippen molar-refractivity contribution in [1.29, 1.82) is 0 Å². The number of carbonyl (C=O) groups is 1. The minimum absolute atomic E-state index is 0.153. The summed E-state index contributed by atoms with van der Waals surface area (Å²) in [5.41, 5.74) is 9.58. The van der Waals surface area contributed by atoms with Crippen LogP contribution < -0.4 is 5.73 Å². The molecule has 7 heteroatoms. The summed E-state index contributed by atoms with van der Waals surface area (Å²) in [6.07, 6.45) is 5.98. The molecule has 1 aromatic carbocycles. The molecule has 3 saturated carbocycles. The van der Waals surface area contributed by atoms with Gasteiger partial charge in [-0.15, -0.1) is 0 Å². The second-order valence-electron chi connectivity index (χ2n) is 8.31. The number of aryl methyl sites for hydroxylation is 2. The fourth-order valence-electron chi connectivity index (χ4n) is 5.77. The molecule has 1 amide bonds. The number of benzene rings is 1. The summed E-state index contributed by atoms with van der Waals surface area (Å²) in [5, 5.41) is 4.35. The van der Waals surface area contributed by atoms with E-state index in [0.29, 0.717) is 11.7 Å². The topological polar surface area (TPSA) is 86.7 Å². The molecule has 2 N–H and O–H groups in total. The zero-order valence-electron chi connectivity index (χ0n) is 16.3. The Kier molecular flexibility index (Phi) is 3.84. The zero-order valence-corrected chi connectivity index (χ0v) is 16.3. The van der Waals surface area contributed by atoms with E-state index in [-0.39, 0.29) is 23.2 Å². The largest absolute Gasteiger partial charge is 0.369 e. The van der Waals surface area contributed by atoms with E-state index in [0.717, 1.165) is 35.2 Å². The highest BCUT2D eigenvalue weighted by Crippen LogP contribution is 2.69. The van der Waals surface area contributed by atoms with Crippen molar-refractivity contribution < 1.29 is 9.18 Å². The van der Waals surface area contributed by atoms with Crippen LogP contribution in [0.3, 0.4) is 0 Å². The summed E-state index contributed by atoms with van der Waals surface area (Å²) in [4.78, 5) is 20.7. The van der Waals surface area contributed by atoms with E-state index in [4.69, 9.17) is 5.73 Å². The second-order valence-corrected chi connectivity index (χ2v) is 8.31. The van der Waals surface area contributed by atoms with E-state index in [1.54, 1.807) is 6.20 Å². The minimum Gasteiger partial charge on any atom is -0.369 e. The first-order valence-corrected chi connectivity index (χ1v) is 9.78. The van der Waals surface area contributed by atoms with Crippen LogP contribution in [0.15, 0.2) is 42.9 Å². The van der Waals surface area contributed by atoms with Crippen LogP contribution in [0.2, 0.25) is 0 Å². The molecule has 0 radical (unpaired) electrons. The van der Waals surface area contributed by atoms with Gasteiger partial charge < -0.3 is 5.73 Å². The quantitative estimate of drug-likeness (QED) is 0.741. The Morgan fingerprint density at radius 2 is 2.03 bits per heavy atom. The molecular weight excluding hydrogens is 369 g/mol. The van der Waals surface area contributed by atoms with Crippen LogP contribution in [-0.2, 0) is 17.3 Å². The third-order valence-corrected chi connectivity index (χ3v) is 6.92. The monoisotopic (exact) mass is 391 g/mol. The summed E-state index contributed by atoms with van der Waals surface area (Å²) < 4.78 is 15.1. The van der Waals surface area contributed by atoms with Gasteiger partial charge in [0.05, 0.1) is 18.3 Å². The third kappa shape index (κ3) is 2.46. The number of rotatable bonds is 4. The molecule has 2 aromatic heterocycles. The number of primary amides is 1. The van der Waals surface area contributed by atoms with Crippen molar-refractivity contribution in [2.45, 2.75) is 31.1 Å². The van der Waals surface area contributed by atoms with Crippen molar-refractivity contribution in [3.05, 3.63) is 65.5 Å². The van der Waals surface area contributed by atoms with Gasteiger partial charge in [-0.3, -0.25) is 9.48 Å². The lowest BCUT2D eigenvalue weighted by atomic mass is 9.55. The maximum absolute atomic E-state index is 13.3. The normalized spacial score (nSPS) is 27.6. The van der Waals surface area contributed by atoms with E-state index < -0.39 is 5.82 Å². The van der Waals surface area contributed by atoms with Gasteiger partial charge in [-0.05, 0) is 54.9 Å².